The fraction of sp³-hybridized carbons (Fsp3) is 0.400. The average Bonchev–Trinajstić information content (AvgIpc) is 2.21. The molecule has 15 heavy (non-hydrogen) atoms. The molecular formula is C10H15BrN2O2. The SMILES string of the molecule is CNCC(O)C(O)c1cc(Br)ccc1N. The molecule has 0 spiro atoms. The number of nitrogens with two attached hydrogens (primary N) is 1. The summed E-state index contributed by atoms with van der Waals surface area (Å²) in [4.78, 5) is 0. The zero-order chi connectivity index (χ0) is 11.4. The van der Waals surface area contributed by atoms with Gasteiger partial charge in [0, 0.05) is 22.3 Å². The number of halogens is 1. The summed E-state index contributed by atoms with van der Waals surface area (Å²) < 4.78 is 0.822. The van der Waals surface area contributed by atoms with Gasteiger partial charge < -0.3 is 21.3 Å². The number of rotatable bonds is 4. The van der Waals surface area contributed by atoms with Crippen LogP contribution in [0.1, 0.15) is 11.7 Å². The van der Waals surface area contributed by atoms with Crippen molar-refractivity contribution in [1.82, 2.24) is 5.32 Å². The van der Waals surface area contributed by atoms with Crippen LogP contribution in [-0.2, 0) is 0 Å². The number of nitrogens with one attached hydrogen (secondary N) is 1. The number of benzene rings is 1. The Bertz CT molecular complexity index is 333. The number of nitrogen functional groups attached to an aromatic ring is 1. The van der Waals surface area contributed by atoms with Crippen LogP contribution in [0.3, 0.4) is 0 Å². The van der Waals surface area contributed by atoms with Crippen molar-refractivity contribution in [2.24, 2.45) is 0 Å². The van der Waals surface area contributed by atoms with E-state index in [2.05, 4.69) is 21.2 Å². The molecule has 0 bridgehead atoms. The van der Waals surface area contributed by atoms with E-state index in [1.807, 2.05) is 0 Å². The molecule has 4 nitrogen and oxygen atoms in total. The van der Waals surface area contributed by atoms with Crippen molar-refractivity contribution in [2.75, 3.05) is 19.3 Å². The van der Waals surface area contributed by atoms with Gasteiger partial charge in [-0.15, -0.1) is 0 Å². The van der Waals surface area contributed by atoms with Gasteiger partial charge in [0.1, 0.15) is 6.10 Å². The highest BCUT2D eigenvalue weighted by molar-refractivity contribution is 9.10. The van der Waals surface area contributed by atoms with Crippen LogP contribution >= 0.6 is 15.9 Å². The van der Waals surface area contributed by atoms with E-state index >= 15 is 0 Å². The normalized spacial score (nSPS) is 14.9. The quantitative estimate of drug-likeness (QED) is 0.608. The first-order valence-electron chi connectivity index (χ1n) is 4.62. The molecule has 0 saturated carbocycles. The molecule has 0 amide bonds. The van der Waals surface area contributed by atoms with Gasteiger partial charge in [0.2, 0.25) is 0 Å². The van der Waals surface area contributed by atoms with Crippen molar-refractivity contribution in [3.8, 4) is 0 Å². The minimum absolute atomic E-state index is 0.313. The van der Waals surface area contributed by atoms with E-state index in [1.165, 1.54) is 0 Å². The van der Waals surface area contributed by atoms with Gasteiger partial charge >= 0.3 is 0 Å². The third-order valence-corrected chi connectivity index (χ3v) is 2.64. The second-order valence-corrected chi connectivity index (χ2v) is 4.26. The van der Waals surface area contributed by atoms with Crippen LogP contribution in [0.4, 0.5) is 5.69 Å². The zero-order valence-electron chi connectivity index (χ0n) is 8.44. The Labute approximate surface area is 97.2 Å². The Morgan fingerprint density at radius 2 is 2.13 bits per heavy atom. The van der Waals surface area contributed by atoms with E-state index in [0.717, 1.165) is 4.47 Å². The summed E-state index contributed by atoms with van der Waals surface area (Å²) in [6, 6.07) is 5.18. The molecule has 5 N–H and O–H groups in total. The largest absolute Gasteiger partial charge is 0.398 e. The molecular weight excluding hydrogens is 260 g/mol. The number of hydrogen-bond acceptors (Lipinski definition) is 4. The first-order valence-corrected chi connectivity index (χ1v) is 5.41. The van der Waals surface area contributed by atoms with Gasteiger partial charge in [-0.05, 0) is 25.2 Å². The number of anilines is 1. The molecule has 1 rings (SSSR count). The van der Waals surface area contributed by atoms with Crippen LogP contribution < -0.4 is 11.1 Å². The minimum Gasteiger partial charge on any atom is -0.398 e. The molecule has 0 aliphatic heterocycles. The van der Waals surface area contributed by atoms with Crippen molar-refractivity contribution in [2.45, 2.75) is 12.2 Å². The summed E-state index contributed by atoms with van der Waals surface area (Å²) in [6.07, 6.45) is -1.85. The van der Waals surface area contributed by atoms with E-state index < -0.39 is 12.2 Å². The Kier molecular flexibility index (Phi) is 4.53. The van der Waals surface area contributed by atoms with Gasteiger partial charge in [0.25, 0.3) is 0 Å². The maximum Gasteiger partial charge on any atom is 0.108 e. The lowest BCUT2D eigenvalue weighted by atomic mass is 10.0. The third-order valence-electron chi connectivity index (χ3n) is 2.15. The molecule has 1 aromatic carbocycles. The highest BCUT2D eigenvalue weighted by atomic mass is 79.9. The molecule has 84 valence electrons. The van der Waals surface area contributed by atoms with Gasteiger partial charge in [-0.25, -0.2) is 0 Å². The molecule has 0 fully saturated rings. The van der Waals surface area contributed by atoms with E-state index in [1.54, 1.807) is 25.2 Å². The molecule has 0 aliphatic rings. The summed E-state index contributed by atoms with van der Waals surface area (Å²) >= 11 is 3.29. The number of likely N-dealkylation sites (N-methyl/N-ethyl adjacent to an activating group) is 1. The summed E-state index contributed by atoms with van der Waals surface area (Å²) in [7, 11) is 1.71. The number of hydrogen-bond donors (Lipinski definition) is 4. The summed E-state index contributed by atoms with van der Waals surface area (Å²) in [6.45, 7) is 0.313. The monoisotopic (exact) mass is 274 g/mol. The Morgan fingerprint density at radius 1 is 1.47 bits per heavy atom. The molecule has 1 aromatic rings. The van der Waals surface area contributed by atoms with Crippen molar-refractivity contribution >= 4 is 21.6 Å². The lowest BCUT2D eigenvalue weighted by Gasteiger charge is -2.19. The lowest BCUT2D eigenvalue weighted by molar-refractivity contribution is 0.0206. The van der Waals surface area contributed by atoms with E-state index in [9.17, 15) is 10.2 Å². The van der Waals surface area contributed by atoms with Crippen molar-refractivity contribution < 1.29 is 10.2 Å². The fourth-order valence-corrected chi connectivity index (χ4v) is 1.71. The third kappa shape index (κ3) is 3.17. The van der Waals surface area contributed by atoms with Crippen LogP contribution in [0.25, 0.3) is 0 Å². The molecule has 0 radical (unpaired) electrons. The molecule has 0 aromatic heterocycles. The van der Waals surface area contributed by atoms with Crippen molar-refractivity contribution in [3.05, 3.63) is 28.2 Å². The van der Waals surface area contributed by atoms with Crippen LogP contribution in [0.15, 0.2) is 22.7 Å². The van der Waals surface area contributed by atoms with Gasteiger partial charge in [-0.2, -0.15) is 0 Å². The maximum atomic E-state index is 9.83. The van der Waals surface area contributed by atoms with Crippen LogP contribution in [0.5, 0.6) is 0 Å². The Balaban J connectivity index is 2.89. The van der Waals surface area contributed by atoms with Gasteiger partial charge in [-0.3, -0.25) is 0 Å². The van der Waals surface area contributed by atoms with Crippen molar-refractivity contribution in [1.29, 1.82) is 0 Å². The average molecular weight is 275 g/mol. The van der Waals surface area contributed by atoms with E-state index in [0.29, 0.717) is 17.8 Å². The van der Waals surface area contributed by atoms with Crippen LogP contribution in [-0.4, -0.2) is 29.9 Å². The van der Waals surface area contributed by atoms with E-state index in [4.69, 9.17) is 5.73 Å². The summed E-state index contributed by atoms with van der Waals surface area (Å²) in [5.74, 6) is 0. The van der Waals surface area contributed by atoms with Crippen molar-refractivity contribution in [3.63, 3.8) is 0 Å². The molecule has 0 heterocycles. The second kappa shape index (κ2) is 5.46. The summed E-state index contributed by atoms with van der Waals surface area (Å²) in [5, 5.41) is 22.2. The Morgan fingerprint density at radius 3 is 2.73 bits per heavy atom. The minimum atomic E-state index is -0.977. The van der Waals surface area contributed by atoms with Crippen LogP contribution in [0.2, 0.25) is 0 Å². The predicted octanol–water partition coefficient (Wildman–Crippen LogP) is 0.645. The van der Waals surface area contributed by atoms with Gasteiger partial charge in [-0.1, -0.05) is 15.9 Å². The highest BCUT2D eigenvalue weighted by Gasteiger charge is 2.19. The molecule has 2 atom stereocenters. The molecule has 0 saturated heterocycles. The van der Waals surface area contributed by atoms with E-state index in [-0.39, 0.29) is 0 Å². The second-order valence-electron chi connectivity index (χ2n) is 3.34. The molecule has 2 unspecified atom stereocenters. The standard InChI is InChI=1S/C10H15BrN2O2/c1-13-5-9(14)10(15)7-4-6(11)2-3-8(7)12/h2-4,9-10,13-15H,5,12H2,1H3. The molecule has 5 heteroatoms. The predicted molar refractivity (Wildman–Crippen MR) is 63.4 cm³/mol. The smallest absolute Gasteiger partial charge is 0.108 e. The highest BCUT2D eigenvalue weighted by Crippen LogP contribution is 2.26. The first kappa shape index (κ1) is 12.4. The number of aliphatic hydroxyl groups excluding tert-OH is 2. The summed E-state index contributed by atoms with van der Waals surface area (Å²) in [5.41, 5.74) is 6.72. The fourth-order valence-electron chi connectivity index (χ4n) is 1.33. The molecule has 0 aliphatic carbocycles. The van der Waals surface area contributed by atoms with Crippen LogP contribution in [0, 0.1) is 0 Å². The Hall–Kier alpha value is -0.620. The van der Waals surface area contributed by atoms with Gasteiger partial charge in [0.05, 0.1) is 6.10 Å². The maximum absolute atomic E-state index is 9.83. The first-order chi connectivity index (χ1) is 7.06. The zero-order valence-corrected chi connectivity index (χ0v) is 10.0. The van der Waals surface area contributed by atoms with Gasteiger partial charge in [0.15, 0.2) is 0 Å². The number of aliphatic hydroxyl groups is 2. The topological polar surface area (TPSA) is 78.5 Å². The lowest BCUT2D eigenvalue weighted by Crippen LogP contribution is -2.30.